The van der Waals surface area contributed by atoms with E-state index in [1.807, 2.05) is 30.3 Å². The van der Waals surface area contributed by atoms with Crippen molar-refractivity contribution in [2.75, 3.05) is 13.1 Å². The van der Waals surface area contributed by atoms with Gasteiger partial charge < -0.3 is 10.2 Å². The summed E-state index contributed by atoms with van der Waals surface area (Å²) in [6, 6.07) is 15.4. The molecule has 0 aromatic heterocycles. The van der Waals surface area contributed by atoms with E-state index in [1.54, 1.807) is 37.0 Å². The van der Waals surface area contributed by atoms with Crippen LogP contribution in [0.5, 0.6) is 0 Å². The molecule has 0 heterocycles. The van der Waals surface area contributed by atoms with E-state index in [0.717, 1.165) is 11.1 Å². The van der Waals surface area contributed by atoms with Crippen molar-refractivity contribution in [2.45, 2.75) is 44.2 Å². The maximum atomic E-state index is 13.1. The van der Waals surface area contributed by atoms with Crippen LogP contribution in [0.1, 0.15) is 31.4 Å². The third-order valence-corrected chi connectivity index (χ3v) is 6.54. The first-order chi connectivity index (χ1) is 15.3. The van der Waals surface area contributed by atoms with Crippen LogP contribution < -0.4 is 10.0 Å². The second-order valence-corrected chi connectivity index (χ2v) is 9.13. The van der Waals surface area contributed by atoms with Gasteiger partial charge in [-0.05, 0) is 36.6 Å². The van der Waals surface area contributed by atoms with Gasteiger partial charge in [-0.3, -0.25) is 9.59 Å². The summed E-state index contributed by atoms with van der Waals surface area (Å²) >= 11 is 0. The largest absolute Gasteiger partial charge is 0.351 e. The number of sulfonamides is 1. The lowest BCUT2D eigenvalue weighted by Crippen LogP contribution is -2.47. The number of hydrogen-bond acceptors (Lipinski definition) is 4. The summed E-state index contributed by atoms with van der Waals surface area (Å²) in [4.78, 5) is 27.3. The SMILES string of the molecule is C=CCNC(=O)C(C)N(Cc1ccccc1)C(=O)CCc1ccc(S(=O)(=O)NCC)cc1. The number of aryl methyl sites for hydroxylation is 1. The number of hydrogen-bond donors (Lipinski definition) is 2. The van der Waals surface area contributed by atoms with Gasteiger partial charge in [0.25, 0.3) is 0 Å². The van der Waals surface area contributed by atoms with Crippen LogP contribution in [0.2, 0.25) is 0 Å². The number of amides is 2. The highest BCUT2D eigenvalue weighted by Crippen LogP contribution is 2.15. The number of carbonyl (C=O) groups excluding carboxylic acids is 2. The van der Waals surface area contributed by atoms with Gasteiger partial charge in [-0.15, -0.1) is 6.58 Å². The number of nitrogens with one attached hydrogen (secondary N) is 2. The highest BCUT2D eigenvalue weighted by atomic mass is 32.2. The highest BCUT2D eigenvalue weighted by Gasteiger charge is 2.25. The average Bonchev–Trinajstić information content (AvgIpc) is 2.80. The normalized spacial score (nSPS) is 12.1. The summed E-state index contributed by atoms with van der Waals surface area (Å²) in [5.41, 5.74) is 1.78. The van der Waals surface area contributed by atoms with Crippen LogP contribution in [0.3, 0.4) is 0 Å². The summed E-state index contributed by atoms with van der Waals surface area (Å²) in [6.07, 6.45) is 2.23. The van der Waals surface area contributed by atoms with Crippen LogP contribution in [-0.4, -0.2) is 44.3 Å². The minimum Gasteiger partial charge on any atom is -0.351 e. The Morgan fingerprint density at radius 2 is 1.72 bits per heavy atom. The fourth-order valence-corrected chi connectivity index (χ4v) is 4.23. The summed E-state index contributed by atoms with van der Waals surface area (Å²) in [5, 5.41) is 2.74. The summed E-state index contributed by atoms with van der Waals surface area (Å²) in [5.74, 6) is -0.397. The molecule has 2 N–H and O–H groups in total. The van der Waals surface area contributed by atoms with Crippen molar-refractivity contribution in [3.05, 3.63) is 78.4 Å². The lowest BCUT2D eigenvalue weighted by molar-refractivity contribution is -0.140. The van der Waals surface area contributed by atoms with E-state index in [-0.39, 0.29) is 23.1 Å². The second kappa shape index (κ2) is 12.2. The molecule has 1 unspecified atom stereocenters. The molecule has 8 heteroatoms. The van der Waals surface area contributed by atoms with Crippen molar-refractivity contribution >= 4 is 21.8 Å². The average molecular weight is 458 g/mol. The van der Waals surface area contributed by atoms with E-state index in [4.69, 9.17) is 0 Å². The first kappa shape index (κ1) is 25.3. The molecule has 2 rings (SSSR count). The maximum absolute atomic E-state index is 13.1. The van der Waals surface area contributed by atoms with Crippen LogP contribution in [-0.2, 0) is 32.6 Å². The van der Waals surface area contributed by atoms with E-state index in [2.05, 4.69) is 16.6 Å². The number of rotatable bonds is 12. The Balaban J connectivity index is 2.10. The van der Waals surface area contributed by atoms with Gasteiger partial charge in [0.15, 0.2) is 0 Å². The molecule has 0 fully saturated rings. The molecule has 0 bridgehead atoms. The Labute approximate surface area is 190 Å². The predicted octanol–water partition coefficient (Wildman–Crippen LogP) is 2.64. The lowest BCUT2D eigenvalue weighted by atomic mass is 10.1. The van der Waals surface area contributed by atoms with Gasteiger partial charge in [-0.25, -0.2) is 13.1 Å². The van der Waals surface area contributed by atoms with Crippen molar-refractivity contribution < 1.29 is 18.0 Å². The zero-order chi connectivity index (χ0) is 23.6. The van der Waals surface area contributed by atoms with E-state index < -0.39 is 16.1 Å². The van der Waals surface area contributed by atoms with Gasteiger partial charge in [0.2, 0.25) is 21.8 Å². The van der Waals surface area contributed by atoms with E-state index in [1.165, 1.54) is 12.1 Å². The monoisotopic (exact) mass is 457 g/mol. The van der Waals surface area contributed by atoms with Gasteiger partial charge in [-0.1, -0.05) is 55.5 Å². The molecule has 2 amide bonds. The smallest absolute Gasteiger partial charge is 0.242 e. The number of carbonyl (C=O) groups is 2. The van der Waals surface area contributed by atoms with Gasteiger partial charge in [0, 0.05) is 26.1 Å². The molecule has 32 heavy (non-hydrogen) atoms. The first-order valence-electron chi connectivity index (χ1n) is 10.6. The maximum Gasteiger partial charge on any atom is 0.242 e. The van der Waals surface area contributed by atoms with Crippen LogP contribution in [0, 0.1) is 0 Å². The fraction of sp³-hybridized carbons (Fsp3) is 0.333. The zero-order valence-corrected chi connectivity index (χ0v) is 19.4. The molecule has 1 atom stereocenters. The standard InChI is InChI=1S/C24H31N3O4S/c1-4-17-25-24(29)19(3)27(18-21-9-7-6-8-10-21)23(28)16-13-20-11-14-22(15-12-20)32(30,31)26-5-2/h4,6-12,14-15,19,26H,1,5,13,16-18H2,2-3H3,(H,25,29). The van der Waals surface area contributed by atoms with Gasteiger partial charge in [0.05, 0.1) is 4.90 Å². The molecular weight excluding hydrogens is 426 g/mol. The van der Waals surface area contributed by atoms with Crippen molar-refractivity contribution in [3.63, 3.8) is 0 Å². The lowest BCUT2D eigenvalue weighted by Gasteiger charge is -2.29. The van der Waals surface area contributed by atoms with Gasteiger partial charge in [0.1, 0.15) is 6.04 Å². The second-order valence-electron chi connectivity index (χ2n) is 7.36. The third kappa shape index (κ3) is 7.32. The number of benzene rings is 2. The highest BCUT2D eigenvalue weighted by molar-refractivity contribution is 7.89. The molecule has 2 aromatic rings. The fourth-order valence-electron chi connectivity index (χ4n) is 3.19. The first-order valence-corrected chi connectivity index (χ1v) is 12.1. The van der Waals surface area contributed by atoms with Crippen LogP contribution in [0.25, 0.3) is 0 Å². The van der Waals surface area contributed by atoms with Gasteiger partial charge in [-0.2, -0.15) is 0 Å². The predicted molar refractivity (Wildman–Crippen MR) is 125 cm³/mol. The summed E-state index contributed by atoms with van der Waals surface area (Å²) in [6.45, 7) is 7.99. The molecule has 0 radical (unpaired) electrons. The third-order valence-electron chi connectivity index (χ3n) is 4.98. The summed E-state index contributed by atoms with van der Waals surface area (Å²) in [7, 11) is -3.51. The van der Waals surface area contributed by atoms with Crippen LogP contribution in [0.15, 0.2) is 72.1 Å². The molecule has 7 nitrogen and oxygen atoms in total. The molecule has 0 saturated heterocycles. The molecule has 2 aromatic carbocycles. The topological polar surface area (TPSA) is 95.6 Å². The van der Waals surface area contributed by atoms with Gasteiger partial charge >= 0.3 is 0 Å². The Morgan fingerprint density at radius 3 is 2.31 bits per heavy atom. The summed E-state index contributed by atoms with van der Waals surface area (Å²) < 4.78 is 26.6. The van der Waals surface area contributed by atoms with Crippen LogP contribution in [0.4, 0.5) is 0 Å². The molecule has 0 aliphatic rings. The van der Waals surface area contributed by atoms with Crippen molar-refractivity contribution in [3.8, 4) is 0 Å². The van der Waals surface area contributed by atoms with E-state index in [9.17, 15) is 18.0 Å². The molecule has 172 valence electrons. The van der Waals surface area contributed by atoms with E-state index >= 15 is 0 Å². The zero-order valence-electron chi connectivity index (χ0n) is 18.6. The molecule has 0 spiro atoms. The Hall–Kier alpha value is -2.97. The van der Waals surface area contributed by atoms with Crippen molar-refractivity contribution in [1.82, 2.24) is 14.9 Å². The molecule has 0 aliphatic heterocycles. The Morgan fingerprint density at radius 1 is 1.06 bits per heavy atom. The Bertz CT molecular complexity index is 1010. The Kier molecular flexibility index (Phi) is 9.61. The van der Waals surface area contributed by atoms with E-state index in [0.29, 0.717) is 26.1 Å². The number of nitrogens with zero attached hydrogens (tertiary/aromatic N) is 1. The molecule has 0 aliphatic carbocycles. The molecular formula is C24H31N3O4S. The quantitative estimate of drug-likeness (QED) is 0.479. The van der Waals surface area contributed by atoms with Crippen molar-refractivity contribution in [2.24, 2.45) is 0 Å². The minimum absolute atomic E-state index is 0.153. The minimum atomic E-state index is -3.51. The van der Waals surface area contributed by atoms with Crippen molar-refractivity contribution in [1.29, 1.82) is 0 Å². The molecule has 0 saturated carbocycles. The van der Waals surface area contributed by atoms with Crippen LogP contribution >= 0.6 is 0 Å².